The number of nitrogens with zero attached hydrogens (tertiary/aromatic N) is 3. The summed E-state index contributed by atoms with van der Waals surface area (Å²) in [5.41, 5.74) is 9.80. The molecule has 3 aromatic carbocycles. The highest BCUT2D eigenvalue weighted by atomic mass is 35.5. The average Bonchev–Trinajstić information content (AvgIpc) is 3.47. The number of carbonyl (C=O) groups excluding carboxylic acids is 2. The molecule has 0 spiro atoms. The minimum absolute atomic E-state index is 0.133. The normalized spacial score (nSPS) is 12.4. The molecule has 3 heterocycles. The number of carbonyl (C=O) groups is 2. The molecule has 0 radical (unpaired) electrons. The molecular weight excluding hydrogens is 586 g/mol. The number of amides is 2. The van der Waals surface area contributed by atoms with Crippen LogP contribution < -0.4 is 16.4 Å². The van der Waals surface area contributed by atoms with Gasteiger partial charge in [-0.2, -0.15) is 0 Å². The maximum absolute atomic E-state index is 13.9. The van der Waals surface area contributed by atoms with Gasteiger partial charge in [-0.3, -0.25) is 19.6 Å². The molecule has 1 atom stereocenters. The van der Waals surface area contributed by atoms with Gasteiger partial charge in [-0.05, 0) is 42.0 Å². The highest BCUT2D eigenvalue weighted by Gasteiger charge is 2.24. The van der Waals surface area contributed by atoms with Crippen molar-refractivity contribution in [3.05, 3.63) is 108 Å². The third-order valence-corrected chi connectivity index (χ3v) is 7.93. The summed E-state index contributed by atoms with van der Waals surface area (Å²) in [4.78, 5) is 44.6. The van der Waals surface area contributed by atoms with Crippen LogP contribution in [0.1, 0.15) is 28.9 Å². The van der Waals surface area contributed by atoms with Crippen molar-refractivity contribution in [1.82, 2.24) is 25.6 Å². The first-order chi connectivity index (χ1) is 22.0. The van der Waals surface area contributed by atoms with Gasteiger partial charge >= 0.3 is 0 Å². The minimum atomic E-state index is -0.826. The number of rotatable bonds is 11. The van der Waals surface area contributed by atoms with Crippen LogP contribution in [0.25, 0.3) is 44.0 Å². The number of amidine groups is 1. The number of pyridine rings is 2. The van der Waals surface area contributed by atoms with E-state index in [1.165, 1.54) is 0 Å². The van der Waals surface area contributed by atoms with Crippen LogP contribution in [-0.4, -0.2) is 51.1 Å². The summed E-state index contributed by atoms with van der Waals surface area (Å²) >= 11 is 5.75. The van der Waals surface area contributed by atoms with E-state index in [9.17, 15) is 9.59 Å². The van der Waals surface area contributed by atoms with Crippen molar-refractivity contribution < 1.29 is 9.59 Å². The fourth-order valence-corrected chi connectivity index (χ4v) is 5.50. The van der Waals surface area contributed by atoms with Crippen molar-refractivity contribution in [2.45, 2.75) is 25.4 Å². The van der Waals surface area contributed by atoms with E-state index in [-0.39, 0.29) is 17.5 Å². The minimum Gasteiger partial charge on any atom is -0.386 e. The molecule has 5 N–H and O–H groups in total. The van der Waals surface area contributed by atoms with E-state index in [1.54, 1.807) is 12.3 Å². The van der Waals surface area contributed by atoms with Gasteiger partial charge in [0.05, 0.1) is 17.1 Å². The molecule has 0 aliphatic carbocycles. The first kappa shape index (κ1) is 29.8. The lowest BCUT2D eigenvalue weighted by atomic mass is 10.0. The number of alkyl halides is 1. The maximum atomic E-state index is 13.9. The Labute approximate surface area is 264 Å². The zero-order valence-electron chi connectivity index (χ0n) is 24.5. The van der Waals surface area contributed by atoms with Crippen LogP contribution in [-0.2, 0) is 11.3 Å². The molecule has 0 fully saturated rings. The lowest BCUT2D eigenvalue weighted by molar-refractivity contribution is -0.123. The van der Waals surface area contributed by atoms with Crippen LogP contribution in [0, 0.1) is 0 Å². The zero-order valence-corrected chi connectivity index (χ0v) is 25.2. The summed E-state index contributed by atoms with van der Waals surface area (Å²) in [7, 11) is 0. The van der Waals surface area contributed by atoms with Gasteiger partial charge in [-0.15, -0.1) is 11.6 Å². The van der Waals surface area contributed by atoms with Crippen molar-refractivity contribution in [3.8, 4) is 11.4 Å². The van der Waals surface area contributed by atoms with Crippen molar-refractivity contribution in [2.75, 3.05) is 12.4 Å². The average molecular weight is 618 g/mol. The third kappa shape index (κ3) is 6.63. The summed E-state index contributed by atoms with van der Waals surface area (Å²) in [6, 6.07) is 28.3. The van der Waals surface area contributed by atoms with E-state index in [0.29, 0.717) is 43.2 Å². The highest BCUT2D eigenvalue weighted by molar-refractivity contribution is 6.28. The fourth-order valence-electron chi connectivity index (χ4n) is 5.41. The lowest BCUT2D eigenvalue weighted by Crippen LogP contribution is -2.46. The summed E-state index contributed by atoms with van der Waals surface area (Å²) in [6.07, 6.45) is 2.60. The van der Waals surface area contributed by atoms with Crippen LogP contribution in [0.4, 0.5) is 0 Å². The molecule has 0 saturated heterocycles. The Hall–Kier alpha value is -5.28. The number of para-hydroxylation sites is 1. The van der Waals surface area contributed by atoms with Gasteiger partial charge < -0.3 is 21.4 Å². The summed E-state index contributed by atoms with van der Waals surface area (Å²) in [6.45, 7) is 0.715. The van der Waals surface area contributed by atoms with Crippen LogP contribution in [0.3, 0.4) is 0 Å². The van der Waals surface area contributed by atoms with E-state index in [1.807, 2.05) is 84.9 Å². The number of hydrogen-bond acceptors (Lipinski definition) is 5. The fraction of sp³-hybridized carbons (Fsp3) is 0.171. The number of hydrogen-bond donors (Lipinski definition) is 4. The molecule has 10 heteroatoms. The maximum Gasteiger partial charge on any atom is 0.270 e. The second kappa shape index (κ2) is 13.6. The molecule has 226 valence electrons. The van der Waals surface area contributed by atoms with Crippen molar-refractivity contribution in [3.63, 3.8) is 0 Å². The Morgan fingerprint density at radius 3 is 2.49 bits per heavy atom. The topological polar surface area (TPSA) is 138 Å². The van der Waals surface area contributed by atoms with Gasteiger partial charge in [0.1, 0.15) is 23.3 Å². The van der Waals surface area contributed by atoms with E-state index in [0.717, 1.165) is 38.1 Å². The van der Waals surface area contributed by atoms with Gasteiger partial charge in [0.25, 0.3) is 5.91 Å². The van der Waals surface area contributed by atoms with Gasteiger partial charge in [-0.1, -0.05) is 72.8 Å². The third-order valence-electron chi connectivity index (χ3n) is 7.66. The Bertz CT molecular complexity index is 2020. The first-order valence-electron chi connectivity index (χ1n) is 14.7. The predicted octanol–water partition coefficient (Wildman–Crippen LogP) is 5.72. The summed E-state index contributed by atoms with van der Waals surface area (Å²) < 4.78 is 0. The molecule has 6 rings (SSSR count). The number of H-pyrrole nitrogens is 1. The molecule has 2 amide bonds. The zero-order chi connectivity index (χ0) is 31.2. The smallest absolute Gasteiger partial charge is 0.270 e. The Morgan fingerprint density at radius 2 is 1.67 bits per heavy atom. The van der Waals surface area contributed by atoms with Gasteiger partial charge in [0, 0.05) is 41.0 Å². The van der Waals surface area contributed by atoms with Crippen molar-refractivity contribution in [1.29, 1.82) is 0 Å². The molecule has 3 aromatic heterocycles. The molecule has 0 aliphatic heterocycles. The number of aliphatic imine (C=N–C) groups is 1. The van der Waals surface area contributed by atoms with Gasteiger partial charge in [-0.25, -0.2) is 4.98 Å². The Balaban J connectivity index is 1.35. The number of fused-ring (bicyclic) bond motifs is 4. The molecule has 9 nitrogen and oxygen atoms in total. The predicted molar refractivity (Wildman–Crippen MR) is 180 cm³/mol. The number of halogens is 1. The molecular formula is C35H32ClN7O2. The number of nitrogens with two attached hydrogens (primary N) is 1. The summed E-state index contributed by atoms with van der Waals surface area (Å²) in [5, 5.41) is 9.62. The molecule has 0 aliphatic rings. The number of nitrogens with one attached hydrogen (secondary N) is 3. The molecule has 0 bridgehead atoms. The first-order valence-corrected chi connectivity index (χ1v) is 15.3. The number of aromatic nitrogens is 3. The Morgan fingerprint density at radius 1 is 0.911 bits per heavy atom. The van der Waals surface area contributed by atoms with Crippen molar-refractivity contribution >= 4 is 61.8 Å². The standard InChI is InChI=1S/C35H32ClN7O2/c36-20-30(37)38-17-8-15-28(34(44)40-21-22-9-2-1-3-10-22)43-35(45)29-19-26-25-13-6-7-14-27(25)41-32(26)33(42-29)31-24-12-5-4-11-23(24)16-18-39-31/h1-7,9-14,16,18-19,28,41H,8,15,17,20-21H2,(H2,37,38)(H,40,44)(H,43,45)/t28-/m0/s1. The summed E-state index contributed by atoms with van der Waals surface area (Å²) in [5.74, 6) is -0.303. The van der Waals surface area contributed by atoms with Gasteiger partial charge in [0.15, 0.2) is 0 Å². The second-order valence-corrected chi connectivity index (χ2v) is 11.0. The van der Waals surface area contributed by atoms with Gasteiger partial charge in [0.2, 0.25) is 5.91 Å². The monoisotopic (exact) mass is 617 g/mol. The number of benzene rings is 3. The van der Waals surface area contributed by atoms with Crippen molar-refractivity contribution in [2.24, 2.45) is 10.7 Å². The quantitative estimate of drug-likeness (QED) is 0.0637. The molecule has 0 unspecified atom stereocenters. The second-order valence-electron chi connectivity index (χ2n) is 10.7. The van der Waals surface area contributed by atoms with Crippen LogP contribution in [0.2, 0.25) is 0 Å². The lowest BCUT2D eigenvalue weighted by Gasteiger charge is -2.19. The largest absolute Gasteiger partial charge is 0.386 e. The van der Waals surface area contributed by atoms with E-state index >= 15 is 0 Å². The van der Waals surface area contributed by atoms with Crippen LogP contribution in [0.5, 0.6) is 0 Å². The van der Waals surface area contributed by atoms with E-state index in [2.05, 4.69) is 20.6 Å². The molecule has 0 saturated carbocycles. The van der Waals surface area contributed by atoms with E-state index in [4.69, 9.17) is 27.3 Å². The van der Waals surface area contributed by atoms with E-state index < -0.39 is 11.9 Å². The van der Waals surface area contributed by atoms with Crippen LogP contribution >= 0.6 is 11.6 Å². The Kier molecular flexibility index (Phi) is 8.98. The molecule has 45 heavy (non-hydrogen) atoms. The number of aromatic amines is 1. The molecule has 6 aromatic rings. The van der Waals surface area contributed by atoms with Crippen LogP contribution in [0.15, 0.2) is 102 Å². The highest BCUT2D eigenvalue weighted by Crippen LogP contribution is 2.34. The SMILES string of the molecule is NC(CCl)=NCCC[C@H](NC(=O)c1cc2c([nH]c3ccccc32)c(-c2nccc3ccccc23)n1)C(=O)NCc1ccccc1.